The molecule has 4 rings (SSSR count). The van der Waals surface area contributed by atoms with Gasteiger partial charge in [-0.15, -0.1) is 0 Å². The summed E-state index contributed by atoms with van der Waals surface area (Å²) in [5.74, 6) is 1.70. The number of imidazole rings is 1. The molecule has 1 aromatic carbocycles. The smallest absolute Gasteiger partial charge is 0.227 e. The number of fused-ring (bicyclic) bond motifs is 1. The molecular formula is C22H29N3O. The highest BCUT2D eigenvalue weighted by atomic mass is 16.2. The third-order valence-corrected chi connectivity index (χ3v) is 6.20. The van der Waals surface area contributed by atoms with E-state index in [1.165, 1.54) is 11.1 Å². The van der Waals surface area contributed by atoms with Gasteiger partial charge in [0.05, 0.1) is 23.0 Å². The highest BCUT2D eigenvalue weighted by Gasteiger charge is 2.62. The van der Waals surface area contributed by atoms with Crippen molar-refractivity contribution < 1.29 is 4.79 Å². The average molecular weight is 351 g/mol. The molecule has 1 aliphatic heterocycles. The Balaban J connectivity index is 1.60. The monoisotopic (exact) mass is 351 g/mol. The first-order valence-corrected chi connectivity index (χ1v) is 9.71. The van der Waals surface area contributed by atoms with Crippen LogP contribution in [0.4, 0.5) is 0 Å². The van der Waals surface area contributed by atoms with Crippen molar-refractivity contribution in [2.75, 3.05) is 6.54 Å². The molecule has 0 radical (unpaired) electrons. The lowest BCUT2D eigenvalue weighted by molar-refractivity contribution is -0.134. The second-order valence-corrected chi connectivity index (χ2v) is 8.90. The van der Waals surface area contributed by atoms with Gasteiger partial charge in [0, 0.05) is 6.54 Å². The number of aromatic nitrogens is 2. The number of carbonyl (C=O) groups is 1. The van der Waals surface area contributed by atoms with Crippen molar-refractivity contribution in [3.63, 3.8) is 0 Å². The number of H-pyrrole nitrogens is 1. The van der Waals surface area contributed by atoms with Crippen LogP contribution >= 0.6 is 0 Å². The van der Waals surface area contributed by atoms with Gasteiger partial charge in [0.1, 0.15) is 5.82 Å². The van der Waals surface area contributed by atoms with Gasteiger partial charge in [-0.2, -0.15) is 0 Å². The summed E-state index contributed by atoms with van der Waals surface area (Å²) in [5, 5.41) is 0. The highest BCUT2D eigenvalue weighted by molar-refractivity contribution is 5.84. The standard InChI is InChI=1S/C22H29N3O/c1-13(2)11-15-19(22(15,4)5)21(26)25-10-6-7-18(25)20-23-16-9-8-14(3)12-17(16)24-20/h8-9,11-12,15,18-19H,6-7,10H2,1-5H3,(H,23,24)/t15-,18-,19+/m1/s1. The second kappa shape index (κ2) is 5.97. The summed E-state index contributed by atoms with van der Waals surface area (Å²) in [6, 6.07) is 6.35. The fourth-order valence-corrected chi connectivity index (χ4v) is 4.61. The van der Waals surface area contributed by atoms with E-state index in [2.05, 4.69) is 68.8 Å². The quantitative estimate of drug-likeness (QED) is 0.810. The molecule has 0 unspecified atom stereocenters. The Kier molecular flexibility index (Phi) is 3.98. The van der Waals surface area contributed by atoms with Gasteiger partial charge >= 0.3 is 0 Å². The lowest BCUT2D eigenvalue weighted by Crippen LogP contribution is -2.33. The molecule has 1 amide bonds. The van der Waals surface area contributed by atoms with Gasteiger partial charge in [0.2, 0.25) is 5.91 Å². The van der Waals surface area contributed by atoms with Gasteiger partial charge in [0.25, 0.3) is 0 Å². The largest absolute Gasteiger partial charge is 0.340 e. The van der Waals surface area contributed by atoms with Gasteiger partial charge in [-0.3, -0.25) is 4.79 Å². The summed E-state index contributed by atoms with van der Waals surface area (Å²) in [4.78, 5) is 23.7. The Labute approximate surface area is 155 Å². The van der Waals surface area contributed by atoms with Crippen molar-refractivity contribution in [2.45, 2.75) is 53.5 Å². The predicted molar refractivity (Wildman–Crippen MR) is 105 cm³/mol. The van der Waals surface area contributed by atoms with Crippen LogP contribution in [-0.2, 0) is 4.79 Å². The van der Waals surface area contributed by atoms with E-state index in [0.717, 1.165) is 36.2 Å². The number of hydrogen-bond donors (Lipinski definition) is 1. The van der Waals surface area contributed by atoms with E-state index >= 15 is 0 Å². The number of carbonyl (C=O) groups excluding carboxylic acids is 1. The lowest BCUT2D eigenvalue weighted by atomic mass is 10.1. The van der Waals surface area contributed by atoms with E-state index in [0.29, 0.717) is 11.8 Å². The number of hydrogen-bond acceptors (Lipinski definition) is 2. The van der Waals surface area contributed by atoms with Crippen LogP contribution in [0.15, 0.2) is 29.8 Å². The topological polar surface area (TPSA) is 49.0 Å². The first kappa shape index (κ1) is 17.3. The van der Waals surface area contributed by atoms with Crippen LogP contribution in [0.5, 0.6) is 0 Å². The molecule has 1 aromatic heterocycles. The van der Waals surface area contributed by atoms with Crippen molar-refractivity contribution in [3.8, 4) is 0 Å². The molecule has 138 valence electrons. The Hall–Kier alpha value is -2.10. The van der Waals surface area contributed by atoms with Crippen LogP contribution in [0.25, 0.3) is 11.0 Å². The maximum atomic E-state index is 13.3. The van der Waals surface area contributed by atoms with Crippen LogP contribution < -0.4 is 0 Å². The molecule has 1 saturated carbocycles. The Bertz CT molecular complexity index is 888. The number of allylic oxidation sites excluding steroid dienone is 2. The van der Waals surface area contributed by atoms with E-state index in [-0.39, 0.29) is 17.4 Å². The highest BCUT2D eigenvalue weighted by Crippen LogP contribution is 2.60. The number of aromatic amines is 1. The third kappa shape index (κ3) is 2.76. The fraction of sp³-hybridized carbons (Fsp3) is 0.545. The number of nitrogens with one attached hydrogen (secondary N) is 1. The summed E-state index contributed by atoms with van der Waals surface area (Å²) in [5.41, 5.74) is 4.62. The van der Waals surface area contributed by atoms with Crippen LogP contribution in [0.1, 0.15) is 58.0 Å². The molecule has 2 aliphatic rings. The molecule has 0 bridgehead atoms. The zero-order chi connectivity index (χ0) is 18.6. The summed E-state index contributed by atoms with van der Waals surface area (Å²) in [6.07, 6.45) is 4.32. The molecule has 0 spiro atoms. The zero-order valence-electron chi connectivity index (χ0n) is 16.5. The normalized spacial score (nSPS) is 27.0. The number of aryl methyl sites for hydroxylation is 1. The average Bonchev–Trinajstić information content (AvgIpc) is 2.97. The van der Waals surface area contributed by atoms with Gasteiger partial charge in [-0.05, 0) is 62.6 Å². The van der Waals surface area contributed by atoms with Crippen LogP contribution in [-0.4, -0.2) is 27.3 Å². The minimum Gasteiger partial charge on any atom is -0.340 e. The molecular weight excluding hydrogens is 322 g/mol. The van der Waals surface area contributed by atoms with Gasteiger partial charge in [0.15, 0.2) is 0 Å². The SMILES string of the molecule is CC(C)=C[C@@H]1[C@@H](C(=O)N2CCC[C@@H]2c2nc3ccc(C)cc3[nH]2)C1(C)C. The summed E-state index contributed by atoms with van der Waals surface area (Å²) < 4.78 is 0. The van der Waals surface area contributed by atoms with E-state index in [1.54, 1.807) is 0 Å². The van der Waals surface area contributed by atoms with Crippen molar-refractivity contribution in [3.05, 3.63) is 41.2 Å². The molecule has 2 heterocycles. The third-order valence-electron chi connectivity index (χ3n) is 6.20. The number of rotatable bonds is 3. The molecule has 1 saturated heterocycles. The van der Waals surface area contributed by atoms with Crippen molar-refractivity contribution in [1.29, 1.82) is 0 Å². The maximum Gasteiger partial charge on any atom is 0.227 e. The predicted octanol–water partition coefficient (Wildman–Crippen LogP) is 4.77. The number of amides is 1. The summed E-state index contributed by atoms with van der Waals surface area (Å²) >= 11 is 0. The molecule has 2 fully saturated rings. The summed E-state index contributed by atoms with van der Waals surface area (Å²) in [6.45, 7) is 11.6. The Morgan fingerprint density at radius 1 is 1.35 bits per heavy atom. The Morgan fingerprint density at radius 3 is 2.85 bits per heavy atom. The fourth-order valence-electron chi connectivity index (χ4n) is 4.61. The van der Waals surface area contributed by atoms with E-state index < -0.39 is 0 Å². The lowest BCUT2D eigenvalue weighted by Gasteiger charge is -2.24. The van der Waals surface area contributed by atoms with Crippen LogP contribution in [0.2, 0.25) is 0 Å². The summed E-state index contributed by atoms with van der Waals surface area (Å²) in [7, 11) is 0. The molecule has 1 aliphatic carbocycles. The van der Waals surface area contributed by atoms with Crippen molar-refractivity contribution >= 4 is 16.9 Å². The maximum absolute atomic E-state index is 13.3. The van der Waals surface area contributed by atoms with E-state index in [1.807, 2.05) is 0 Å². The van der Waals surface area contributed by atoms with E-state index in [9.17, 15) is 4.79 Å². The Morgan fingerprint density at radius 2 is 2.12 bits per heavy atom. The molecule has 2 aromatic rings. The van der Waals surface area contributed by atoms with Gasteiger partial charge < -0.3 is 9.88 Å². The first-order chi connectivity index (χ1) is 12.3. The molecule has 26 heavy (non-hydrogen) atoms. The zero-order valence-corrected chi connectivity index (χ0v) is 16.5. The molecule has 4 heteroatoms. The minimum atomic E-state index is 0.0620. The van der Waals surface area contributed by atoms with Crippen LogP contribution in [0, 0.1) is 24.2 Å². The van der Waals surface area contributed by atoms with E-state index in [4.69, 9.17) is 4.98 Å². The molecule has 1 N–H and O–H groups in total. The number of likely N-dealkylation sites (tertiary alicyclic amines) is 1. The number of benzene rings is 1. The molecule has 3 atom stereocenters. The van der Waals surface area contributed by atoms with Gasteiger partial charge in [-0.1, -0.05) is 31.6 Å². The van der Waals surface area contributed by atoms with Crippen molar-refractivity contribution in [2.24, 2.45) is 17.3 Å². The minimum absolute atomic E-state index is 0.0620. The second-order valence-electron chi connectivity index (χ2n) is 8.90. The number of nitrogens with zero attached hydrogens (tertiary/aromatic N) is 2. The molecule has 4 nitrogen and oxygen atoms in total. The van der Waals surface area contributed by atoms with Crippen molar-refractivity contribution in [1.82, 2.24) is 14.9 Å². The van der Waals surface area contributed by atoms with Gasteiger partial charge in [-0.25, -0.2) is 4.98 Å². The first-order valence-electron chi connectivity index (χ1n) is 9.71. The van der Waals surface area contributed by atoms with Crippen LogP contribution in [0.3, 0.4) is 0 Å².